The second kappa shape index (κ2) is 8.77. The second-order valence-corrected chi connectivity index (χ2v) is 6.85. The average molecular weight is 364 g/mol. The van der Waals surface area contributed by atoms with Crippen LogP contribution in [0.25, 0.3) is 12.2 Å². The number of carbonyl (C=O) groups excluding carboxylic acids is 1. The monoisotopic (exact) mass is 364 g/mol. The molecule has 0 aliphatic rings. The van der Waals surface area contributed by atoms with Crippen LogP contribution in [-0.4, -0.2) is 35.3 Å². The molecule has 0 saturated heterocycles. The van der Waals surface area contributed by atoms with Crippen LogP contribution in [0, 0.1) is 13.8 Å². The first-order valence-corrected chi connectivity index (χ1v) is 8.98. The van der Waals surface area contributed by atoms with E-state index in [2.05, 4.69) is 22.5 Å². The molecule has 25 heavy (non-hydrogen) atoms. The highest BCUT2D eigenvalue weighted by Crippen LogP contribution is 2.28. The Bertz CT molecular complexity index is 749. The molecule has 0 aromatic carbocycles. The van der Waals surface area contributed by atoms with Gasteiger partial charge < -0.3 is 9.26 Å². The maximum atomic E-state index is 11.7. The standard InChI is InChI=1S/C17H24N4O3S/c1-6-7-8-14-13(12(3)24-20-14)9-10-15-18-11(2)16(25-15)23-17(22)19-21(4)5/h9-10H,6-8H2,1-5H3,(H,19,22)/b10-9+. The van der Waals surface area contributed by atoms with Crippen LogP contribution in [0.15, 0.2) is 4.52 Å². The maximum absolute atomic E-state index is 11.7. The lowest BCUT2D eigenvalue weighted by Crippen LogP contribution is -2.38. The summed E-state index contributed by atoms with van der Waals surface area (Å²) < 4.78 is 10.6. The molecule has 8 heteroatoms. The first-order chi connectivity index (χ1) is 11.9. The number of hydrazine groups is 1. The van der Waals surface area contributed by atoms with Crippen LogP contribution in [0.3, 0.4) is 0 Å². The van der Waals surface area contributed by atoms with Crippen LogP contribution in [0.1, 0.15) is 47.5 Å². The Morgan fingerprint density at radius 2 is 2.12 bits per heavy atom. The van der Waals surface area contributed by atoms with Crippen molar-refractivity contribution in [1.29, 1.82) is 0 Å². The molecule has 0 spiro atoms. The molecule has 0 bridgehead atoms. The molecule has 2 heterocycles. The third-order valence-corrected chi connectivity index (χ3v) is 4.41. The fraction of sp³-hybridized carbons (Fsp3) is 0.471. The molecule has 1 N–H and O–H groups in total. The minimum atomic E-state index is -0.538. The van der Waals surface area contributed by atoms with Crippen molar-refractivity contribution in [3.63, 3.8) is 0 Å². The van der Waals surface area contributed by atoms with Gasteiger partial charge in [-0.1, -0.05) is 29.8 Å². The summed E-state index contributed by atoms with van der Waals surface area (Å²) in [7, 11) is 3.43. The number of aromatic nitrogens is 2. The number of nitrogens with one attached hydrogen (secondary N) is 1. The Labute approximate surface area is 151 Å². The largest absolute Gasteiger partial charge is 0.428 e. The molecule has 0 aliphatic heterocycles. The van der Waals surface area contributed by atoms with E-state index in [1.807, 2.05) is 26.0 Å². The first kappa shape index (κ1) is 19.1. The van der Waals surface area contributed by atoms with Crippen molar-refractivity contribution in [3.05, 3.63) is 27.7 Å². The van der Waals surface area contributed by atoms with Gasteiger partial charge in [-0.2, -0.15) is 0 Å². The summed E-state index contributed by atoms with van der Waals surface area (Å²) >= 11 is 1.32. The maximum Gasteiger partial charge on any atom is 0.428 e. The van der Waals surface area contributed by atoms with Crippen molar-refractivity contribution in [1.82, 2.24) is 20.6 Å². The van der Waals surface area contributed by atoms with Crippen molar-refractivity contribution in [3.8, 4) is 5.06 Å². The minimum absolute atomic E-state index is 0.479. The predicted octanol–water partition coefficient (Wildman–Crippen LogP) is 3.83. The number of carbonyl (C=O) groups is 1. The number of unbranched alkanes of at least 4 members (excludes halogenated alkanes) is 1. The first-order valence-electron chi connectivity index (χ1n) is 8.17. The summed E-state index contributed by atoms with van der Waals surface area (Å²) in [5.41, 5.74) is 5.16. The minimum Gasteiger partial charge on any atom is -0.396 e. The zero-order valence-electron chi connectivity index (χ0n) is 15.3. The lowest BCUT2D eigenvalue weighted by molar-refractivity contribution is 0.172. The van der Waals surface area contributed by atoms with Crippen LogP contribution in [-0.2, 0) is 6.42 Å². The van der Waals surface area contributed by atoms with Gasteiger partial charge in [-0.15, -0.1) is 0 Å². The summed E-state index contributed by atoms with van der Waals surface area (Å²) in [6.07, 6.45) is 6.38. The highest BCUT2D eigenvalue weighted by Gasteiger charge is 2.13. The molecule has 0 fully saturated rings. The number of amides is 1. The van der Waals surface area contributed by atoms with Gasteiger partial charge in [0.25, 0.3) is 0 Å². The average Bonchev–Trinajstić information content (AvgIpc) is 3.05. The Morgan fingerprint density at radius 1 is 1.36 bits per heavy atom. The molecule has 2 rings (SSSR count). The van der Waals surface area contributed by atoms with Crippen LogP contribution in [0.4, 0.5) is 4.79 Å². The smallest absolute Gasteiger partial charge is 0.396 e. The van der Waals surface area contributed by atoms with Crippen molar-refractivity contribution in [2.24, 2.45) is 0 Å². The van der Waals surface area contributed by atoms with Gasteiger partial charge in [0, 0.05) is 19.7 Å². The van der Waals surface area contributed by atoms with Crippen molar-refractivity contribution in [2.75, 3.05) is 14.1 Å². The van der Waals surface area contributed by atoms with Crippen LogP contribution in [0.2, 0.25) is 0 Å². The number of hydrogen-bond acceptors (Lipinski definition) is 7. The number of ether oxygens (including phenoxy) is 1. The van der Waals surface area contributed by atoms with Gasteiger partial charge in [0.05, 0.1) is 11.4 Å². The Balaban J connectivity index is 2.11. The number of rotatable bonds is 7. The summed E-state index contributed by atoms with van der Waals surface area (Å²) in [5, 5.41) is 6.89. The van der Waals surface area contributed by atoms with E-state index in [9.17, 15) is 4.79 Å². The van der Waals surface area contributed by atoms with Gasteiger partial charge in [0.2, 0.25) is 5.06 Å². The van der Waals surface area contributed by atoms with Crippen molar-refractivity contribution < 1.29 is 14.1 Å². The van der Waals surface area contributed by atoms with E-state index in [1.54, 1.807) is 14.1 Å². The molecule has 0 atom stereocenters. The molecule has 0 radical (unpaired) electrons. The molecule has 0 unspecified atom stereocenters. The molecule has 2 aromatic heterocycles. The molecule has 0 saturated carbocycles. The molecule has 136 valence electrons. The van der Waals surface area contributed by atoms with E-state index in [-0.39, 0.29) is 0 Å². The highest BCUT2D eigenvalue weighted by atomic mass is 32.1. The zero-order chi connectivity index (χ0) is 18.4. The molecular weight excluding hydrogens is 340 g/mol. The summed E-state index contributed by atoms with van der Waals surface area (Å²) in [6.45, 7) is 5.85. The number of nitrogens with zero attached hydrogens (tertiary/aromatic N) is 3. The normalized spacial score (nSPS) is 11.4. The SMILES string of the molecule is CCCCc1noc(C)c1/C=C/c1nc(C)c(OC(=O)NN(C)C)s1. The molecule has 0 aliphatic carbocycles. The van der Waals surface area contributed by atoms with E-state index in [0.717, 1.165) is 41.3 Å². The molecule has 1 amide bonds. The second-order valence-electron chi connectivity index (χ2n) is 5.86. The molecular formula is C17H24N4O3S. The fourth-order valence-corrected chi connectivity index (χ4v) is 3.00. The summed E-state index contributed by atoms with van der Waals surface area (Å²) in [6, 6.07) is 0. The quantitative estimate of drug-likeness (QED) is 0.752. The van der Waals surface area contributed by atoms with Crippen LogP contribution >= 0.6 is 11.3 Å². The van der Waals surface area contributed by atoms with Gasteiger partial charge in [0.1, 0.15) is 10.8 Å². The topological polar surface area (TPSA) is 80.5 Å². The third-order valence-electron chi connectivity index (χ3n) is 3.41. The predicted molar refractivity (Wildman–Crippen MR) is 98.5 cm³/mol. The molecule has 7 nitrogen and oxygen atoms in total. The summed E-state index contributed by atoms with van der Waals surface area (Å²) in [5.74, 6) is 0.789. The Kier molecular flexibility index (Phi) is 6.72. The number of thiazole rings is 1. The lowest BCUT2D eigenvalue weighted by Gasteiger charge is -2.10. The van der Waals surface area contributed by atoms with E-state index in [4.69, 9.17) is 9.26 Å². The van der Waals surface area contributed by atoms with Gasteiger partial charge in [-0.25, -0.2) is 14.8 Å². The molecule has 2 aromatic rings. The fourth-order valence-electron chi connectivity index (χ4n) is 2.18. The Hall–Kier alpha value is -2.19. The van der Waals surface area contributed by atoms with Gasteiger partial charge >= 0.3 is 6.09 Å². The number of hydrogen-bond donors (Lipinski definition) is 1. The van der Waals surface area contributed by atoms with Gasteiger partial charge in [0.15, 0.2) is 0 Å². The van der Waals surface area contributed by atoms with Crippen molar-refractivity contribution >= 4 is 29.6 Å². The summed E-state index contributed by atoms with van der Waals surface area (Å²) in [4.78, 5) is 16.1. The van der Waals surface area contributed by atoms with E-state index in [1.165, 1.54) is 16.3 Å². The Morgan fingerprint density at radius 3 is 2.80 bits per heavy atom. The van der Waals surface area contributed by atoms with Crippen molar-refractivity contribution in [2.45, 2.75) is 40.0 Å². The highest BCUT2D eigenvalue weighted by molar-refractivity contribution is 7.14. The number of aryl methyl sites for hydroxylation is 3. The lowest BCUT2D eigenvalue weighted by atomic mass is 10.1. The van der Waals surface area contributed by atoms with Crippen LogP contribution in [0.5, 0.6) is 5.06 Å². The van der Waals surface area contributed by atoms with E-state index < -0.39 is 6.09 Å². The van der Waals surface area contributed by atoms with E-state index in [0.29, 0.717) is 10.8 Å². The van der Waals surface area contributed by atoms with Gasteiger partial charge in [-0.3, -0.25) is 5.43 Å². The zero-order valence-corrected chi connectivity index (χ0v) is 16.1. The van der Waals surface area contributed by atoms with Gasteiger partial charge in [-0.05, 0) is 38.8 Å². The van der Waals surface area contributed by atoms with Crippen LogP contribution < -0.4 is 10.2 Å². The van der Waals surface area contributed by atoms with E-state index >= 15 is 0 Å². The third kappa shape index (κ3) is 5.40.